The molecule has 210 valence electrons. The molecule has 3 saturated carbocycles. The van der Waals surface area contributed by atoms with Crippen LogP contribution >= 0.6 is 23.8 Å². The van der Waals surface area contributed by atoms with Crippen LogP contribution in [0, 0.1) is 46.3 Å². The van der Waals surface area contributed by atoms with Gasteiger partial charge in [-0.2, -0.15) is 0 Å². The van der Waals surface area contributed by atoms with Crippen molar-refractivity contribution in [1.29, 1.82) is 0 Å². The maximum atomic E-state index is 6.16. The molecule has 2 nitrogen and oxygen atoms in total. The monoisotopic (exact) mass is 556 g/mol. The molecule has 8 atom stereocenters. The highest BCUT2D eigenvalue weighted by Crippen LogP contribution is 2.67. The fourth-order valence-electron chi connectivity index (χ4n) is 9.51. The van der Waals surface area contributed by atoms with Gasteiger partial charge in [-0.3, -0.25) is 0 Å². The van der Waals surface area contributed by atoms with Crippen molar-refractivity contribution in [3.8, 4) is 5.75 Å². The van der Waals surface area contributed by atoms with Crippen molar-refractivity contribution in [3.05, 3.63) is 40.9 Å². The molecule has 0 radical (unpaired) electrons. The third-order valence-corrected chi connectivity index (χ3v) is 12.0. The molecule has 1 aromatic carbocycles. The molecule has 0 bridgehead atoms. The van der Waals surface area contributed by atoms with Crippen molar-refractivity contribution in [2.75, 3.05) is 0 Å². The van der Waals surface area contributed by atoms with Crippen molar-refractivity contribution in [3.63, 3.8) is 0 Å². The summed E-state index contributed by atoms with van der Waals surface area (Å²) >= 11 is 11.4. The lowest BCUT2D eigenvalue weighted by molar-refractivity contribution is -0.0571. The van der Waals surface area contributed by atoms with Crippen LogP contribution in [0.1, 0.15) is 105 Å². The van der Waals surface area contributed by atoms with E-state index in [-0.39, 0.29) is 11.3 Å². The maximum absolute atomic E-state index is 6.16. The van der Waals surface area contributed by atoms with Crippen molar-refractivity contribution >= 4 is 29.1 Å². The molecule has 0 spiro atoms. The highest BCUT2D eigenvalue weighted by Gasteiger charge is 2.59. The topological polar surface area (TPSA) is 18.5 Å². The molecule has 3 fully saturated rings. The Balaban J connectivity index is 1.21. The molecular weight excluding hydrogens is 508 g/mol. The Morgan fingerprint density at radius 2 is 1.76 bits per heavy atom. The Morgan fingerprint density at radius 1 is 1.00 bits per heavy atom. The molecule has 4 aliphatic carbocycles. The van der Waals surface area contributed by atoms with Gasteiger partial charge in [0.05, 0.1) is 0 Å². The smallest absolute Gasteiger partial charge is 0.358 e. The van der Waals surface area contributed by atoms with Gasteiger partial charge in [0.25, 0.3) is 0 Å². The first-order valence-electron chi connectivity index (χ1n) is 15.4. The molecule has 4 heteroatoms. The molecule has 0 unspecified atom stereocenters. The van der Waals surface area contributed by atoms with Gasteiger partial charge in [-0.25, -0.2) is 0 Å². The predicted octanol–water partition coefficient (Wildman–Crippen LogP) is 10.4. The van der Waals surface area contributed by atoms with Crippen LogP contribution in [-0.2, 0) is 4.74 Å². The van der Waals surface area contributed by atoms with Crippen LogP contribution in [0.2, 0.25) is 5.02 Å². The van der Waals surface area contributed by atoms with Gasteiger partial charge in [-0.15, -0.1) is 0 Å². The highest BCUT2D eigenvalue weighted by molar-refractivity contribution is 7.79. The summed E-state index contributed by atoms with van der Waals surface area (Å²) in [6.45, 7) is 12.6. The predicted molar refractivity (Wildman–Crippen MR) is 163 cm³/mol. The standard InChI is InChI=1S/C34H49ClO2S/c1-22(2)7-6-8-23(3)29-15-16-30-28-14-9-24-21-27(37-32(38)36-26-12-10-25(35)11-13-26)17-19-33(24,4)31(28)18-20-34(29,30)5/h9-13,22-23,27-31H,6-8,14-21H2,1-5H3/t23-,27+,28+,29-,30+,31+,33+,34-/m1/s1. The van der Waals surface area contributed by atoms with E-state index in [9.17, 15) is 0 Å². The third kappa shape index (κ3) is 5.58. The van der Waals surface area contributed by atoms with E-state index < -0.39 is 0 Å². The second kappa shape index (κ2) is 11.4. The molecule has 0 aliphatic heterocycles. The number of hydrogen-bond acceptors (Lipinski definition) is 3. The minimum atomic E-state index is 0.113. The molecule has 1 aromatic rings. The largest absolute Gasteiger partial charge is 0.453 e. The summed E-state index contributed by atoms with van der Waals surface area (Å²) < 4.78 is 11.9. The molecule has 4 aliphatic rings. The first-order valence-corrected chi connectivity index (χ1v) is 16.2. The molecule has 0 heterocycles. The summed E-state index contributed by atoms with van der Waals surface area (Å²) in [6.07, 6.45) is 17.2. The zero-order valence-corrected chi connectivity index (χ0v) is 25.9. The molecule has 0 amide bonds. The van der Waals surface area contributed by atoms with Crippen LogP contribution < -0.4 is 4.74 Å². The van der Waals surface area contributed by atoms with E-state index in [1.165, 1.54) is 57.8 Å². The van der Waals surface area contributed by atoms with Crippen LogP contribution in [0.15, 0.2) is 35.9 Å². The Kier molecular flexibility index (Phi) is 8.57. The normalized spacial score (nSPS) is 37.0. The van der Waals surface area contributed by atoms with Crippen molar-refractivity contribution in [2.45, 2.75) is 111 Å². The summed E-state index contributed by atoms with van der Waals surface area (Å²) in [5.74, 6) is 5.90. The number of benzene rings is 1. The van der Waals surface area contributed by atoms with Crippen molar-refractivity contribution < 1.29 is 9.47 Å². The molecule has 0 N–H and O–H groups in total. The maximum Gasteiger partial charge on any atom is 0.358 e. The molecular formula is C34H49ClO2S. The zero-order chi connectivity index (χ0) is 27.1. The number of ether oxygens (including phenoxy) is 2. The Morgan fingerprint density at radius 3 is 2.50 bits per heavy atom. The number of thiocarbonyl (C=S) groups is 1. The van der Waals surface area contributed by atoms with Crippen molar-refractivity contribution in [1.82, 2.24) is 0 Å². The minimum absolute atomic E-state index is 0.113. The minimum Gasteiger partial charge on any atom is -0.453 e. The van der Waals surface area contributed by atoms with Gasteiger partial charge in [0.2, 0.25) is 0 Å². The van der Waals surface area contributed by atoms with Gasteiger partial charge >= 0.3 is 5.24 Å². The second-order valence-electron chi connectivity index (χ2n) is 14.1. The highest BCUT2D eigenvalue weighted by atomic mass is 35.5. The summed E-state index contributed by atoms with van der Waals surface area (Å²) in [5, 5.41) is 0.911. The lowest BCUT2D eigenvalue weighted by atomic mass is 9.47. The lowest BCUT2D eigenvalue weighted by Gasteiger charge is -2.58. The van der Waals surface area contributed by atoms with E-state index in [0.717, 1.165) is 48.3 Å². The average Bonchev–Trinajstić information content (AvgIpc) is 3.23. The summed E-state index contributed by atoms with van der Waals surface area (Å²) in [7, 11) is 0. The zero-order valence-electron chi connectivity index (χ0n) is 24.3. The average molecular weight is 557 g/mol. The number of rotatable bonds is 7. The summed E-state index contributed by atoms with van der Waals surface area (Å²) in [4.78, 5) is 0. The third-order valence-electron chi connectivity index (χ3n) is 11.5. The van der Waals surface area contributed by atoms with Gasteiger partial charge in [0, 0.05) is 23.7 Å². The molecule has 0 aromatic heterocycles. The quantitative estimate of drug-likeness (QED) is 0.246. The number of hydrogen-bond donors (Lipinski definition) is 0. The number of allylic oxidation sites excluding steroid dienone is 1. The fraction of sp³-hybridized carbons (Fsp3) is 0.735. The van der Waals surface area contributed by atoms with E-state index in [1.807, 2.05) is 24.3 Å². The fourth-order valence-corrected chi connectivity index (χ4v) is 9.87. The van der Waals surface area contributed by atoms with E-state index in [0.29, 0.717) is 21.6 Å². The number of fused-ring (bicyclic) bond motifs is 5. The molecule has 0 saturated heterocycles. The van der Waals surface area contributed by atoms with E-state index in [4.69, 9.17) is 33.3 Å². The lowest BCUT2D eigenvalue weighted by Crippen LogP contribution is -2.51. The molecule has 38 heavy (non-hydrogen) atoms. The summed E-state index contributed by atoms with van der Waals surface area (Å²) in [5.41, 5.74) is 2.50. The van der Waals surface area contributed by atoms with Crippen LogP contribution in [0.5, 0.6) is 5.75 Å². The van der Waals surface area contributed by atoms with E-state index in [2.05, 4.69) is 40.7 Å². The second-order valence-corrected chi connectivity index (χ2v) is 14.8. The Hall–Kier alpha value is -1.06. The van der Waals surface area contributed by atoms with Crippen LogP contribution in [0.4, 0.5) is 0 Å². The van der Waals surface area contributed by atoms with Crippen molar-refractivity contribution in [2.24, 2.45) is 46.3 Å². The van der Waals surface area contributed by atoms with Gasteiger partial charge < -0.3 is 9.47 Å². The summed E-state index contributed by atoms with van der Waals surface area (Å²) in [6, 6.07) is 7.28. The van der Waals surface area contributed by atoms with Gasteiger partial charge in [-0.05, 0) is 116 Å². The SMILES string of the molecule is CC(C)CCC[C@@H](C)[C@H]1CC[C@H]2[C@@H]3CC=C4C[C@@H](OC(=S)Oc5ccc(Cl)cc5)CC[C@]4(C)[C@H]3CC[C@]12C. The van der Waals surface area contributed by atoms with Crippen LogP contribution in [-0.4, -0.2) is 11.3 Å². The van der Waals surface area contributed by atoms with E-state index >= 15 is 0 Å². The van der Waals surface area contributed by atoms with Gasteiger partial charge in [0.15, 0.2) is 0 Å². The van der Waals surface area contributed by atoms with E-state index in [1.54, 1.807) is 5.57 Å². The first kappa shape index (κ1) is 28.5. The first-order chi connectivity index (χ1) is 18.1. The Bertz CT molecular complexity index is 1020. The van der Waals surface area contributed by atoms with Crippen LogP contribution in [0.25, 0.3) is 0 Å². The Labute approximate surface area is 242 Å². The van der Waals surface area contributed by atoms with Gasteiger partial charge in [0.1, 0.15) is 11.9 Å². The molecule has 5 rings (SSSR count). The van der Waals surface area contributed by atoms with Crippen LogP contribution in [0.3, 0.4) is 0 Å². The van der Waals surface area contributed by atoms with Gasteiger partial charge in [-0.1, -0.05) is 77.1 Å². The number of halogens is 1.